The number of sulfonamides is 2. The van der Waals surface area contributed by atoms with Crippen molar-refractivity contribution < 1.29 is 44.8 Å². The molecule has 8 rings (SSSR count). The Kier molecular flexibility index (Phi) is 10.1. The van der Waals surface area contributed by atoms with Crippen LogP contribution in [0.15, 0.2) is 0 Å². The zero-order chi connectivity index (χ0) is 32.8. The van der Waals surface area contributed by atoms with Crippen LogP contribution in [-0.4, -0.2) is 76.7 Å². The van der Waals surface area contributed by atoms with E-state index in [0.717, 1.165) is 64.2 Å². The van der Waals surface area contributed by atoms with Crippen LogP contribution in [0, 0.1) is 10.8 Å². The van der Waals surface area contributed by atoms with Gasteiger partial charge in [-0.25, -0.2) is 26.3 Å². The van der Waals surface area contributed by atoms with Gasteiger partial charge in [-0.05, 0) is 117 Å². The van der Waals surface area contributed by atoms with E-state index in [2.05, 4.69) is 9.44 Å². The predicted octanol–water partition coefficient (Wildman–Crippen LogP) is 4.33. The number of rotatable bonds is 14. The summed E-state index contributed by atoms with van der Waals surface area (Å²) >= 11 is 0. The minimum absolute atomic E-state index is 0.0546. The minimum atomic E-state index is -3.40. The van der Waals surface area contributed by atoms with Gasteiger partial charge in [0.2, 0.25) is 20.0 Å². The second kappa shape index (κ2) is 12.9. The van der Waals surface area contributed by atoms with Crippen molar-refractivity contribution in [3.05, 3.63) is 0 Å². The number of methoxy groups -OCH3 is 1. The molecule has 8 aliphatic rings. The maximum Gasteiger partial charge on any atom is 0.338 e. The first kappa shape index (κ1) is 35.4. The summed E-state index contributed by atoms with van der Waals surface area (Å²) in [5.41, 5.74) is -1.54. The number of ether oxygens (including phenoxy) is 1. The molecule has 0 aromatic carbocycles. The summed E-state index contributed by atoms with van der Waals surface area (Å²) in [6, 6.07) is 0. The molecule has 8 saturated carbocycles. The highest BCUT2D eigenvalue weighted by atomic mass is 32.2. The van der Waals surface area contributed by atoms with E-state index in [4.69, 9.17) is 13.8 Å². The molecule has 45 heavy (non-hydrogen) atoms. The summed E-state index contributed by atoms with van der Waals surface area (Å²) in [4.78, 5) is 24.9. The fourth-order valence-electron chi connectivity index (χ4n) is 8.01. The largest absolute Gasteiger partial charge is 0.469 e. The number of nitrogens with one attached hydrogen (secondary N) is 2. The molecule has 4 bridgehead atoms. The van der Waals surface area contributed by atoms with Crippen LogP contribution < -0.4 is 9.44 Å². The second-order valence-electron chi connectivity index (χ2n) is 14.3. The van der Waals surface area contributed by atoms with E-state index in [-0.39, 0.29) is 52.6 Å². The van der Waals surface area contributed by atoms with Gasteiger partial charge in [0.05, 0.1) is 36.2 Å². The van der Waals surface area contributed by atoms with Crippen molar-refractivity contribution >= 4 is 39.4 Å². The average molecular weight is 695 g/mol. The van der Waals surface area contributed by atoms with Crippen molar-refractivity contribution in [3.63, 3.8) is 0 Å². The van der Waals surface area contributed by atoms with Gasteiger partial charge < -0.3 is 13.8 Å². The molecule has 8 aliphatic carbocycles. The third kappa shape index (κ3) is 7.57. The van der Waals surface area contributed by atoms with Gasteiger partial charge in [0, 0.05) is 16.5 Å². The van der Waals surface area contributed by atoms with Gasteiger partial charge in [0.15, 0.2) is 5.78 Å². The summed E-state index contributed by atoms with van der Waals surface area (Å²) in [7, 11) is -8.34. The molecule has 0 aromatic rings. The fraction of sp³-hybridized carbons (Fsp3) is 0.933. The Hall–Kier alpha value is -0.890. The molecule has 0 heterocycles. The molecule has 2 N–H and O–H groups in total. The zero-order valence-corrected chi connectivity index (χ0v) is 29.5. The summed E-state index contributed by atoms with van der Waals surface area (Å²) in [5, 5.41) is -0.397. The molecule has 0 aliphatic heterocycles. The van der Waals surface area contributed by atoms with Crippen molar-refractivity contribution in [2.24, 2.45) is 10.8 Å². The maximum absolute atomic E-state index is 13.0. The third-order valence-corrected chi connectivity index (χ3v) is 17.4. The van der Waals surface area contributed by atoms with Gasteiger partial charge in [0.1, 0.15) is 6.16 Å². The number of ketones is 1. The van der Waals surface area contributed by atoms with Gasteiger partial charge in [-0.2, -0.15) is 0 Å². The van der Waals surface area contributed by atoms with Gasteiger partial charge in [0.25, 0.3) is 0 Å². The number of Topliss-reactive ketones (excluding diaryl/α,β-unsaturated/α-hetero) is 1. The summed E-state index contributed by atoms with van der Waals surface area (Å²) in [6.45, 7) is 3.94. The molecule has 0 aromatic heterocycles. The molecule has 0 unspecified atom stereocenters. The van der Waals surface area contributed by atoms with Crippen LogP contribution in [0.1, 0.15) is 117 Å². The zero-order valence-electron chi connectivity index (χ0n) is 26.9. The highest BCUT2D eigenvalue weighted by molar-refractivity contribution is 7.90. The predicted molar refractivity (Wildman–Crippen MR) is 169 cm³/mol. The van der Waals surface area contributed by atoms with E-state index in [1.54, 1.807) is 13.8 Å². The summed E-state index contributed by atoms with van der Waals surface area (Å²) in [5.74, 6) is -0.174. The lowest BCUT2D eigenvalue weighted by molar-refractivity contribution is -0.160. The van der Waals surface area contributed by atoms with Crippen LogP contribution in [0.25, 0.3) is 0 Å². The van der Waals surface area contributed by atoms with Crippen molar-refractivity contribution in [3.8, 4) is 0 Å². The van der Waals surface area contributed by atoms with E-state index < -0.39 is 38.6 Å². The maximum atomic E-state index is 13.0. The highest BCUT2D eigenvalue weighted by Gasteiger charge is 2.56. The number of carbonyl (C=O) groups excluding carboxylic acids is 2. The van der Waals surface area contributed by atoms with Crippen molar-refractivity contribution in [1.29, 1.82) is 0 Å². The first-order chi connectivity index (χ1) is 21.1. The van der Waals surface area contributed by atoms with E-state index in [0.29, 0.717) is 38.5 Å². The van der Waals surface area contributed by atoms with Crippen LogP contribution in [0.4, 0.5) is 0 Å². The number of fused-ring (bicyclic) bond motifs is 6. The first-order valence-corrected chi connectivity index (χ1v) is 21.5. The van der Waals surface area contributed by atoms with E-state index in [1.807, 2.05) is 0 Å². The van der Waals surface area contributed by atoms with E-state index in [9.17, 15) is 31.0 Å². The lowest BCUT2D eigenvalue weighted by Gasteiger charge is -2.52. The van der Waals surface area contributed by atoms with Crippen molar-refractivity contribution in [2.45, 2.75) is 138 Å². The number of esters is 1. The van der Waals surface area contributed by atoms with Gasteiger partial charge in [-0.1, -0.05) is 0 Å². The Bertz CT molecular complexity index is 1350. The molecular formula is C30H51N2O10PS2. The molecule has 0 saturated heterocycles. The SMILES string of the molecule is CCOP(=O)(CC(=O)C12CCC(NS(=O)(=O)C3CC3)(CC1)CC2)OCC.COC(=O)C12CCC(NS(=O)(=O)C3CC3)(CC1)CC2. The van der Waals surface area contributed by atoms with Gasteiger partial charge >= 0.3 is 13.6 Å². The molecule has 0 radical (unpaired) electrons. The first-order valence-electron chi connectivity index (χ1n) is 16.7. The smallest absolute Gasteiger partial charge is 0.338 e. The fourth-order valence-corrected chi connectivity index (χ4v) is 13.4. The van der Waals surface area contributed by atoms with Crippen molar-refractivity contribution in [1.82, 2.24) is 9.44 Å². The molecule has 12 nitrogen and oxygen atoms in total. The molecular weight excluding hydrogens is 643 g/mol. The summed E-state index contributed by atoms with van der Waals surface area (Å²) in [6.07, 6.45) is 11.3. The monoisotopic (exact) mass is 694 g/mol. The molecule has 8 fully saturated rings. The minimum Gasteiger partial charge on any atom is -0.469 e. The Balaban J connectivity index is 0.000000186. The van der Waals surface area contributed by atoms with E-state index >= 15 is 0 Å². The second-order valence-corrected chi connectivity index (χ2v) is 20.3. The number of hydrogen-bond donors (Lipinski definition) is 2. The molecule has 0 atom stereocenters. The topological polar surface area (TPSA) is 171 Å². The summed E-state index contributed by atoms with van der Waals surface area (Å²) < 4.78 is 83.0. The van der Waals surface area contributed by atoms with Crippen LogP contribution >= 0.6 is 7.60 Å². The Morgan fingerprint density at radius 2 is 1.02 bits per heavy atom. The molecule has 0 amide bonds. The van der Waals surface area contributed by atoms with Crippen molar-refractivity contribution in [2.75, 3.05) is 26.5 Å². The molecule has 0 spiro atoms. The Labute approximate surface area is 268 Å². The molecule has 15 heteroatoms. The quantitative estimate of drug-likeness (QED) is 0.197. The standard InChI is InChI=1S/C17H30NO6PS.C13H21NO4S/c1-3-23-25(20,24-4-2)13-15(19)16-7-10-17(11-8-16,12-9-16)18-26(21,22)14-5-6-14;1-18-11(15)12-4-7-13(8-5-12,9-6-12)14-19(16,17)10-2-3-10/h14,18H,3-13H2,1-2H3;10,14H,2-9H2,1H3. The van der Waals surface area contributed by atoms with Gasteiger partial charge in [-0.3, -0.25) is 14.2 Å². The van der Waals surface area contributed by atoms with E-state index in [1.165, 1.54) is 7.11 Å². The normalized spacial score (nSPS) is 34.6. The Morgan fingerprint density at radius 1 is 0.667 bits per heavy atom. The van der Waals surface area contributed by atoms with Crippen LogP contribution in [0.5, 0.6) is 0 Å². The van der Waals surface area contributed by atoms with Crippen LogP contribution in [0.2, 0.25) is 0 Å². The van der Waals surface area contributed by atoms with Gasteiger partial charge in [-0.15, -0.1) is 0 Å². The average Bonchev–Trinajstić information content (AvgIpc) is 3.90. The number of hydrogen-bond acceptors (Lipinski definition) is 10. The lowest BCUT2D eigenvalue weighted by Crippen LogP contribution is -2.59. The Morgan fingerprint density at radius 3 is 1.33 bits per heavy atom. The van der Waals surface area contributed by atoms with Crippen LogP contribution in [-0.2, 0) is 48.0 Å². The number of carbonyl (C=O) groups is 2. The van der Waals surface area contributed by atoms with Crippen LogP contribution in [0.3, 0.4) is 0 Å². The lowest BCUT2D eigenvalue weighted by atomic mass is 9.56. The highest BCUT2D eigenvalue weighted by Crippen LogP contribution is 2.57. The third-order valence-electron chi connectivity index (χ3n) is 11.3. The molecule has 258 valence electrons.